The van der Waals surface area contributed by atoms with Crippen molar-refractivity contribution in [1.29, 1.82) is 0 Å². The van der Waals surface area contributed by atoms with E-state index in [1.165, 1.54) is 35.3 Å². The van der Waals surface area contributed by atoms with Crippen LogP contribution < -0.4 is 5.32 Å². The number of rotatable bonds is 3. The number of ketones is 1. The molecule has 2 bridgehead atoms. The molecule has 1 spiro atoms. The summed E-state index contributed by atoms with van der Waals surface area (Å²) < 4.78 is 0. The Morgan fingerprint density at radius 3 is 2.71 bits per heavy atom. The Balaban J connectivity index is 1.17. The van der Waals surface area contributed by atoms with Gasteiger partial charge in [-0.15, -0.1) is 0 Å². The topological polar surface area (TPSA) is 69.7 Å². The molecule has 1 N–H and O–H groups in total. The first-order valence-electron chi connectivity index (χ1n) is 12.0. The van der Waals surface area contributed by atoms with Gasteiger partial charge in [0.2, 0.25) is 0 Å². The van der Waals surface area contributed by atoms with E-state index in [-0.39, 0.29) is 17.7 Å². The van der Waals surface area contributed by atoms with E-state index >= 15 is 0 Å². The number of nitrogens with one attached hydrogen (secondary N) is 1. The number of hydrogen-bond acceptors (Lipinski definition) is 4. The van der Waals surface area contributed by atoms with Crippen molar-refractivity contribution in [3.05, 3.63) is 34.9 Å². The highest BCUT2D eigenvalue weighted by molar-refractivity contribution is 6.07. The third-order valence-electron chi connectivity index (χ3n) is 9.07. The summed E-state index contributed by atoms with van der Waals surface area (Å²) in [6.07, 6.45) is 7.49. The Labute approximate surface area is 183 Å². The molecule has 3 aliphatic carbocycles. The van der Waals surface area contributed by atoms with Gasteiger partial charge in [-0.1, -0.05) is 18.6 Å². The molecule has 5 unspecified atom stereocenters. The number of urea groups is 1. The van der Waals surface area contributed by atoms with Crippen LogP contribution in [0.4, 0.5) is 4.79 Å². The summed E-state index contributed by atoms with van der Waals surface area (Å²) >= 11 is 0. The van der Waals surface area contributed by atoms with Gasteiger partial charge >= 0.3 is 6.03 Å². The highest BCUT2D eigenvalue weighted by Gasteiger charge is 2.68. The number of nitrogens with zero attached hydrogens (tertiary/aromatic N) is 2. The minimum absolute atomic E-state index is 0.0241. The predicted molar refractivity (Wildman–Crippen MR) is 115 cm³/mol. The molecule has 3 amide bonds. The molecule has 2 aliphatic heterocycles. The van der Waals surface area contributed by atoms with E-state index in [4.69, 9.17) is 0 Å². The third kappa shape index (κ3) is 2.83. The molecule has 1 saturated heterocycles. The van der Waals surface area contributed by atoms with Gasteiger partial charge in [-0.2, -0.15) is 0 Å². The number of hydrogen-bond donors (Lipinski definition) is 1. The molecular weight excluding hydrogens is 390 g/mol. The van der Waals surface area contributed by atoms with Crippen LogP contribution in [0.25, 0.3) is 0 Å². The number of amides is 3. The minimum Gasteiger partial charge on any atom is -0.323 e. The average molecular weight is 422 g/mol. The van der Waals surface area contributed by atoms with E-state index in [0.29, 0.717) is 24.4 Å². The number of carbonyl (C=O) groups excluding carboxylic acids is 3. The monoisotopic (exact) mass is 421 g/mol. The molecule has 2 heterocycles. The van der Waals surface area contributed by atoms with Crippen LogP contribution in [0.3, 0.4) is 0 Å². The smallest absolute Gasteiger partial charge is 0.323 e. The van der Waals surface area contributed by atoms with Crippen molar-refractivity contribution in [2.75, 3.05) is 19.8 Å². The van der Waals surface area contributed by atoms with Crippen molar-refractivity contribution in [3.63, 3.8) is 0 Å². The molecule has 4 fully saturated rings. The maximum Gasteiger partial charge on any atom is 0.326 e. The largest absolute Gasteiger partial charge is 0.326 e. The SMILES string of the molecule is CC(=O)c1ccc2c(c1)CCN(CN1C(=O)NC3(CC4CC3C3CCCC43)C1=O)CC2. The first-order chi connectivity index (χ1) is 15.0. The molecule has 5 atom stereocenters. The maximum absolute atomic E-state index is 13.6. The second-order valence-corrected chi connectivity index (χ2v) is 10.5. The van der Waals surface area contributed by atoms with Gasteiger partial charge in [0.05, 0.1) is 6.67 Å². The molecule has 3 saturated carbocycles. The lowest BCUT2D eigenvalue weighted by Crippen LogP contribution is -2.55. The van der Waals surface area contributed by atoms with Gasteiger partial charge in [0.15, 0.2) is 5.78 Å². The second-order valence-electron chi connectivity index (χ2n) is 10.5. The molecular formula is C25H31N3O3. The van der Waals surface area contributed by atoms with Gasteiger partial charge in [-0.05, 0) is 86.3 Å². The van der Waals surface area contributed by atoms with Gasteiger partial charge in [0.25, 0.3) is 5.91 Å². The van der Waals surface area contributed by atoms with E-state index in [1.807, 2.05) is 12.1 Å². The van der Waals surface area contributed by atoms with Crippen molar-refractivity contribution in [2.24, 2.45) is 23.7 Å². The summed E-state index contributed by atoms with van der Waals surface area (Å²) in [5, 5.41) is 3.19. The van der Waals surface area contributed by atoms with Crippen LogP contribution in [-0.4, -0.2) is 52.8 Å². The molecule has 0 aromatic heterocycles. The van der Waals surface area contributed by atoms with Crippen LogP contribution >= 0.6 is 0 Å². The number of Topliss-reactive ketones (excluding diaryl/α,β-unsaturated/α-hetero) is 1. The van der Waals surface area contributed by atoms with Crippen LogP contribution in [0.2, 0.25) is 0 Å². The normalized spacial score (nSPS) is 36.6. The molecule has 6 heteroatoms. The minimum atomic E-state index is -0.627. The lowest BCUT2D eigenvalue weighted by Gasteiger charge is -2.38. The molecule has 6 nitrogen and oxygen atoms in total. The zero-order valence-corrected chi connectivity index (χ0v) is 18.2. The van der Waals surface area contributed by atoms with Gasteiger partial charge in [0, 0.05) is 18.7 Å². The standard InChI is InChI=1S/C25H31N3O3/c1-15(29)17-6-5-16-7-9-27(10-8-18(16)11-17)14-28-23(30)25(26-24(28)31)13-19-12-22(25)21-4-2-3-20(19)21/h5-6,11,19-22H,2-4,7-10,12-14H2,1H3,(H,26,31). The van der Waals surface area contributed by atoms with E-state index in [2.05, 4.69) is 16.3 Å². The van der Waals surface area contributed by atoms with Crippen molar-refractivity contribution in [3.8, 4) is 0 Å². The van der Waals surface area contributed by atoms with E-state index in [0.717, 1.165) is 50.3 Å². The number of fused-ring (bicyclic) bond motifs is 7. The Morgan fingerprint density at radius 1 is 1.13 bits per heavy atom. The molecule has 164 valence electrons. The zero-order valence-electron chi connectivity index (χ0n) is 18.2. The highest BCUT2D eigenvalue weighted by Crippen LogP contribution is 2.63. The zero-order chi connectivity index (χ0) is 21.3. The molecule has 31 heavy (non-hydrogen) atoms. The Hall–Kier alpha value is -2.21. The molecule has 6 rings (SSSR count). The van der Waals surface area contributed by atoms with Crippen molar-refractivity contribution >= 4 is 17.7 Å². The predicted octanol–water partition coefficient (Wildman–Crippen LogP) is 2.99. The number of imide groups is 1. The Kier molecular flexibility index (Phi) is 4.33. The summed E-state index contributed by atoms with van der Waals surface area (Å²) in [5.74, 6) is 2.49. The molecule has 1 aromatic rings. The maximum atomic E-state index is 13.6. The summed E-state index contributed by atoms with van der Waals surface area (Å²) in [6, 6.07) is 5.78. The lowest BCUT2D eigenvalue weighted by atomic mass is 9.71. The fourth-order valence-electron chi connectivity index (χ4n) is 7.64. The fraction of sp³-hybridized carbons (Fsp3) is 0.640. The highest BCUT2D eigenvalue weighted by atomic mass is 16.2. The van der Waals surface area contributed by atoms with Crippen LogP contribution in [0.15, 0.2) is 18.2 Å². The lowest BCUT2D eigenvalue weighted by molar-refractivity contribution is -0.135. The Bertz CT molecular complexity index is 975. The van der Waals surface area contributed by atoms with Gasteiger partial charge in [0.1, 0.15) is 5.54 Å². The fourth-order valence-corrected chi connectivity index (χ4v) is 7.64. The summed E-state index contributed by atoms with van der Waals surface area (Å²) in [4.78, 5) is 42.0. The van der Waals surface area contributed by atoms with Crippen LogP contribution in [-0.2, 0) is 17.6 Å². The average Bonchev–Trinajstić information content (AvgIpc) is 3.46. The quantitative estimate of drug-likeness (QED) is 0.602. The van der Waals surface area contributed by atoms with Gasteiger partial charge in [-0.25, -0.2) is 9.69 Å². The first kappa shape index (κ1) is 19.5. The molecule has 0 radical (unpaired) electrons. The summed E-state index contributed by atoms with van der Waals surface area (Å²) in [6.45, 7) is 3.56. The van der Waals surface area contributed by atoms with Crippen LogP contribution in [0.1, 0.15) is 60.5 Å². The first-order valence-corrected chi connectivity index (χ1v) is 12.0. The van der Waals surface area contributed by atoms with Crippen molar-refractivity contribution < 1.29 is 14.4 Å². The van der Waals surface area contributed by atoms with Crippen molar-refractivity contribution in [2.45, 2.75) is 57.4 Å². The van der Waals surface area contributed by atoms with Gasteiger partial charge in [-0.3, -0.25) is 14.5 Å². The number of benzene rings is 1. The molecule has 5 aliphatic rings. The van der Waals surface area contributed by atoms with Crippen LogP contribution in [0.5, 0.6) is 0 Å². The van der Waals surface area contributed by atoms with E-state index < -0.39 is 5.54 Å². The van der Waals surface area contributed by atoms with Crippen molar-refractivity contribution in [1.82, 2.24) is 15.1 Å². The number of carbonyl (C=O) groups is 3. The molecule has 1 aromatic carbocycles. The summed E-state index contributed by atoms with van der Waals surface area (Å²) in [5.41, 5.74) is 2.61. The second kappa shape index (κ2) is 6.89. The van der Waals surface area contributed by atoms with E-state index in [9.17, 15) is 14.4 Å². The van der Waals surface area contributed by atoms with Crippen LogP contribution in [0, 0.1) is 23.7 Å². The summed E-state index contributed by atoms with van der Waals surface area (Å²) in [7, 11) is 0. The van der Waals surface area contributed by atoms with Gasteiger partial charge < -0.3 is 5.32 Å². The Morgan fingerprint density at radius 2 is 1.90 bits per heavy atom. The van der Waals surface area contributed by atoms with E-state index in [1.54, 1.807) is 6.92 Å². The third-order valence-corrected chi connectivity index (χ3v) is 9.07.